The normalized spacial score (nSPS) is 22.1. The molecule has 0 aliphatic heterocycles. The van der Waals surface area contributed by atoms with Gasteiger partial charge in [-0.15, -0.1) is 0 Å². The van der Waals surface area contributed by atoms with Crippen molar-refractivity contribution in [2.75, 3.05) is 0 Å². The monoisotopic (exact) mass is 1830 g/mol. The van der Waals surface area contributed by atoms with Crippen LogP contribution in [-0.2, 0) is 28.4 Å². The van der Waals surface area contributed by atoms with Crippen molar-refractivity contribution in [3.05, 3.63) is 225 Å². The second-order valence-electron chi connectivity index (χ2n) is 43.5. The van der Waals surface area contributed by atoms with E-state index in [1.54, 1.807) is 19.9 Å². The van der Waals surface area contributed by atoms with Gasteiger partial charge in [0, 0.05) is 36.3 Å². The first kappa shape index (κ1) is 109. The molecule has 6 aromatic rings. The number of hydrogen-bond donors (Lipinski definition) is 6. The van der Waals surface area contributed by atoms with Crippen molar-refractivity contribution in [3.63, 3.8) is 0 Å². The summed E-state index contributed by atoms with van der Waals surface area (Å²) in [6.45, 7) is 51.1. The molecule has 6 amide bonds. The lowest BCUT2D eigenvalue weighted by atomic mass is 9.81. The third-order valence-electron chi connectivity index (χ3n) is 24.3. The van der Waals surface area contributed by atoms with Crippen molar-refractivity contribution in [1.82, 2.24) is 31.9 Å². The number of ether oxygens (including phenoxy) is 6. The summed E-state index contributed by atoms with van der Waals surface area (Å²) in [7, 11) is 0. The maximum absolute atomic E-state index is 13.6. The van der Waals surface area contributed by atoms with Crippen LogP contribution in [0.15, 0.2) is 141 Å². The Morgan fingerprint density at radius 1 is 0.311 bits per heavy atom. The number of amides is 6. The van der Waals surface area contributed by atoms with E-state index in [-0.39, 0.29) is 78.5 Å². The summed E-state index contributed by atoms with van der Waals surface area (Å²) < 4.78 is 72.5. The van der Waals surface area contributed by atoms with Crippen molar-refractivity contribution in [2.24, 2.45) is 0 Å². The van der Waals surface area contributed by atoms with Crippen LogP contribution in [0.4, 0.5) is 41.9 Å². The molecular weight excluding hydrogens is 1670 g/mol. The molecule has 0 radical (unpaired) electrons. The van der Waals surface area contributed by atoms with Gasteiger partial charge in [0.2, 0.25) is 0 Å². The standard InChI is InChI=1S/C20H29NO2.C19H27NO2.C18H25F2NO2.C18H26FNO2.2C18H27NO2/c1-14(2)15-9-11-16(12-10-15)17-7-6-8-18(13-17)21-19(22)23-20(3,4)5;1-5-14-8-6-9-15(12-14)16-10-7-11-17(13-16)20-18(21)22-19(2,3)4;1-11-8-13(10-15(19)16(11)20)12-6-5-7-14(9-12)21-17(22)23-18(2,3)4;1-12-10-14(8-9-16(12)19)13-6-5-7-15(11-13)20-17(21)22-18(2,3)4;2*1-13-8-10-14(11-9-13)15-6-5-7-16(12-15)19-17(20)21-18(2,3)4/h9-12,17-18H,1,6-8,13H2,2-5H3,(H,21,22);5-6,8-9,12,16-17H,1,7,10-11,13H2,2-4H3,(H,20,21);8,10,12,14H,5-7,9H2,1-4H3,(H,21,22);8-10,13,15H,5-7,11H2,1-4H3,(H,20,21);2*8-11,15-16H,5-7,12H2,1-4H3,(H,19,20)/t17-,18+;16-,17+;12-,14+;13-,15+;2*15-,16+/m000000/s1. The van der Waals surface area contributed by atoms with Gasteiger partial charge in [-0.25, -0.2) is 41.9 Å². The van der Waals surface area contributed by atoms with Crippen LogP contribution in [0.1, 0.15) is 388 Å². The number of halogens is 3. The first-order valence-electron chi connectivity index (χ1n) is 48.5. The van der Waals surface area contributed by atoms with E-state index < -0.39 is 51.3 Å². The summed E-state index contributed by atoms with van der Waals surface area (Å²) in [6, 6.07) is 44.0. The van der Waals surface area contributed by atoms with Crippen LogP contribution in [0.3, 0.4) is 0 Å². The zero-order valence-corrected chi connectivity index (χ0v) is 84.0. The zero-order chi connectivity index (χ0) is 97.6. The molecule has 0 unspecified atom stereocenters. The van der Waals surface area contributed by atoms with Crippen LogP contribution in [-0.4, -0.2) is 106 Å². The molecule has 21 heteroatoms. The molecule has 0 heterocycles. The van der Waals surface area contributed by atoms with Gasteiger partial charge in [-0.05, 0) is 378 Å². The number of allylic oxidation sites excluding steroid dienone is 1. The van der Waals surface area contributed by atoms with E-state index in [4.69, 9.17) is 28.4 Å². The average Bonchev–Trinajstić information content (AvgIpc) is 0.834. The van der Waals surface area contributed by atoms with Crippen LogP contribution in [0.2, 0.25) is 0 Å². The Labute approximate surface area is 789 Å². The largest absolute Gasteiger partial charge is 0.444 e. The molecule has 6 saturated carbocycles. The Hall–Kier alpha value is -9.79. The quantitative estimate of drug-likeness (QED) is 0.0560. The van der Waals surface area contributed by atoms with Crippen molar-refractivity contribution in [3.8, 4) is 0 Å². The van der Waals surface area contributed by atoms with Crippen molar-refractivity contribution in [1.29, 1.82) is 0 Å². The van der Waals surface area contributed by atoms with Crippen molar-refractivity contribution < 1.29 is 70.4 Å². The molecule has 728 valence electrons. The lowest BCUT2D eigenvalue weighted by Crippen LogP contribution is -2.41. The highest BCUT2D eigenvalue weighted by Crippen LogP contribution is 2.41. The Bertz CT molecular complexity index is 4550. The summed E-state index contributed by atoms with van der Waals surface area (Å²) in [5, 5.41) is 18.0. The number of hydrogen-bond acceptors (Lipinski definition) is 12. The van der Waals surface area contributed by atoms with E-state index in [1.165, 1.54) is 76.8 Å². The Balaban J connectivity index is 0.000000216. The molecule has 12 atom stereocenters. The van der Waals surface area contributed by atoms with Crippen LogP contribution in [0.5, 0.6) is 0 Å². The second-order valence-corrected chi connectivity index (χ2v) is 43.5. The van der Waals surface area contributed by atoms with Gasteiger partial charge in [-0.2, -0.15) is 0 Å². The summed E-state index contributed by atoms with van der Waals surface area (Å²) >= 11 is 0. The van der Waals surface area contributed by atoms with Crippen molar-refractivity contribution >= 4 is 48.2 Å². The van der Waals surface area contributed by atoms with Crippen LogP contribution in [0.25, 0.3) is 11.6 Å². The van der Waals surface area contributed by atoms with Gasteiger partial charge in [-0.3, -0.25) is 0 Å². The molecule has 0 saturated heterocycles. The summed E-state index contributed by atoms with van der Waals surface area (Å²) in [5.41, 5.74) is 11.7. The topological polar surface area (TPSA) is 230 Å². The number of benzene rings is 6. The number of rotatable bonds is 14. The fourth-order valence-corrected chi connectivity index (χ4v) is 18.2. The summed E-state index contributed by atoms with van der Waals surface area (Å²) in [5.74, 6) is 0.818. The maximum atomic E-state index is 13.6. The number of carbonyl (C=O) groups is 6. The highest BCUT2D eigenvalue weighted by molar-refractivity contribution is 5.71. The number of alkyl carbamates (subject to hydrolysis) is 6. The molecule has 132 heavy (non-hydrogen) atoms. The molecule has 6 aromatic carbocycles. The Morgan fingerprint density at radius 2 is 0.561 bits per heavy atom. The highest BCUT2D eigenvalue weighted by atomic mass is 19.2. The summed E-state index contributed by atoms with van der Waals surface area (Å²) in [6.07, 6.45) is 24.7. The van der Waals surface area contributed by atoms with Gasteiger partial charge >= 0.3 is 36.6 Å². The smallest absolute Gasteiger partial charge is 0.407 e. The Kier molecular flexibility index (Phi) is 41.8. The van der Waals surface area contributed by atoms with Crippen molar-refractivity contribution in [2.45, 2.75) is 419 Å². The SMILES string of the molecule is C=C(C)c1ccc([C@H]2CCC[C@@H](NC(=O)OC(C)(C)C)C2)cc1.C=Cc1cccc([C@H]2CCC[C@@H](NC(=O)OC(C)(C)C)C2)c1.Cc1cc([C@H]2CCC[C@@H](NC(=O)OC(C)(C)C)C2)cc(F)c1F.Cc1cc([C@H]2CCC[C@@H](NC(=O)OC(C)(C)C)C2)ccc1F.Cc1ccc([C@H]2CCC[C@@H](NC(=O)OC(C)(C)C)C2)cc1.Cc1ccc([C@H]2CCC[C@@H](NC(=O)OC(C)(C)C)C2)cc1. The van der Waals surface area contributed by atoms with E-state index in [2.05, 4.69) is 156 Å². The lowest BCUT2D eigenvalue weighted by molar-refractivity contribution is 0.0478. The minimum absolute atomic E-state index is 0.00276. The van der Waals surface area contributed by atoms with Gasteiger partial charge in [-0.1, -0.05) is 190 Å². The lowest BCUT2D eigenvalue weighted by Gasteiger charge is -2.31. The molecule has 6 aliphatic rings. The van der Waals surface area contributed by atoms with E-state index in [1.807, 2.05) is 150 Å². The van der Waals surface area contributed by atoms with Gasteiger partial charge in [0.15, 0.2) is 11.6 Å². The number of carbonyl (C=O) groups excluding carboxylic acids is 6. The van der Waals surface area contributed by atoms with E-state index >= 15 is 0 Å². The van der Waals surface area contributed by atoms with Gasteiger partial charge in [0.05, 0.1) is 0 Å². The third-order valence-corrected chi connectivity index (χ3v) is 24.3. The second kappa shape index (κ2) is 50.5. The predicted molar refractivity (Wildman–Crippen MR) is 528 cm³/mol. The van der Waals surface area contributed by atoms with Gasteiger partial charge in [0.25, 0.3) is 0 Å². The van der Waals surface area contributed by atoms with E-state index in [9.17, 15) is 41.9 Å². The molecule has 0 spiro atoms. The van der Waals surface area contributed by atoms with E-state index in [0.717, 1.165) is 144 Å². The molecule has 18 nitrogen and oxygen atoms in total. The van der Waals surface area contributed by atoms with Crippen LogP contribution >= 0.6 is 0 Å². The Morgan fingerprint density at radius 3 is 0.818 bits per heavy atom. The third kappa shape index (κ3) is 41.4. The predicted octanol–water partition coefficient (Wildman–Crippen LogP) is 28.8. The molecule has 6 aliphatic carbocycles. The molecule has 6 N–H and O–H groups in total. The fraction of sp³-hybridized carbons (Fsp3) is 0.586. The minimum Gasteiger partial charge on any atom is -0.444 e. The van der Waals surface area contributed by atoms with Gasteiger partial charge in [0.1, 0.15) is 39.4 Å². The van der Waals surface area contributed by atoms with E-state index in [0.29, 0.717) is 47.1 Å². The number of aryl methyl sites for hydroxylation is 4. The minimum atomic E-state index is -0.803. The first-order chi connectivity index (χ1) is 61.7. The molecule has 6 fully saturated rings. The zero-order valence-electron chi connectivity index (χ0n) is 84.0. The highest BCUT2D eigenvalue weighted by Gasteiger charge is 2.34. The molecule has 0 aromatic heterocycles. The van der Waals surface area contributed by atoms with Crippen LogP contribution < -0.4 is 31.9 Å². The molecule has 0 bridgehead atoms. The maximum Gasteiger partial charge on any atom is 0.407 e. The fourth-order valence-electron chi connectivity index (χ4n) is 18.2. The van der Waals surface area contributed by atoms with Gasteiger partial charge < -0.3 is 60.3 Å². The summed E-state index contributed by atoms with van der Waals surface area (Å²) in [4.78, 5) is 71.4. The first-order valence-corrected chi connectivity index (χ1v) is 48.5. The molecular formula is C111H161F3N6O12. The average molecular weight is 1830 g/mol. The van der Waals surface area contributed by atoms with Crippen LogP contribution in [0, 0.1) is 45.1 Å². The number of nitrogens with one attached hydrogen (secondary N) is 6. The molecule has 12 rings (SSSR count).